The van der Waals surface area contributed by atoms with E-state index >= 15 is 0 Å². The summed E-state index contributed by atoms with van der Waals surface area (Å²) in [6.07, 6.45) is 6.25. The highest BCUT2D eigenvalue weighted by atomic mass is 16.2. The zero-order valence-electron chi connectivity index (χ0n) is 16.5. The lowest BCUT2D eigenvalue weighted by atomic mass is 10.2. The molecular formula is C21H26N6O. The molecule has 1 saturated heterocycles. The first kappa shape index (κ1) is 18.6. The molecule has 0 radical (unpaired) electrons. The quantitative estimate of drug-likeness (QED) is 0.698. The van der Waals surface area contributed by atoms with E-state index in [1.807, 2.05) is 39.9 Å². The molecule has 7 heteroatoms. The van der Waals surface area contributed by atoms with E-state index in [1.54, 1.807) is 12.5 Å². The van der Waals surface area contributed by atoms with Gasteiger partial charge in [0, 0.05) is 51.2 Å². The van der Waals surface area contributed by atoms with Gasteiger partial charge in [0.2, 0.25) is 0 Å². The molecule has 0 bridgehead atoms. The van der Waals surface area contributed by atoms with E-state index in [0.29, 0.717) is 12.1 Å². The fourth-order valence-corrected chi connectivity index (χ4v) is 3.65. The molecule has 1 aliphatic heterocycles. The van der Waals surface area contributed by atoms with Crippen LogP contribution in [0, 0.1) is 0 Å². The second-order valence-electron chi connectivity index (χ2n) is 7.56. The number of pyridine rings is 2. The lowest BCUT2D eigenvalue weighted by Gasteiger charge is -2.22. The number of nitrogens with zero attached hydrogens (tertiary/aromatic N) is 6. The minimum atomic E-state index is 0.0354. The number of carbonyl (C=O) groups is 1. The third-order valence-corrected chi connectivity index (χ3v) is 5.20. The maximum absolute atomic E-state index is 13.0. The summed E-state index contributed by atoms with van der Waals surface area (Å²) < 4.78 is 2.02. The Labute approximate surface area is 165 Å². The summed E-state index contributed by atoms with van der Waals surface area (Å²) in [5.41, 5.74) is 3.27. The number of hydrogen-bond donors (Lipinski definition) is 0. The fraction of sp³-hybridized carbons (Fsp3) is 0.429. The average molecular weight is 378 g/mol. The molecule has 146 valence electrons. The van der Waals surface area contributed by atoms with Gasteiger partial charge in [0.15, 0.2) is 5.65 Å². The predicted molar refractivity (Wildman–Crippen MR) is 108 cm³/mol. The highest BCUT2D eigenvalue weighted by Gasteiger charge is 2.21. The van der Waals surface area contributed by atoms with Gasteiger partial charge in [-0.1, -0.05) is 6.07 Å². The summed E-state index contributed by atoms with van der Waals surface area (Å²) in [7, 11) is 0. The molecule has 4 heterocycles. The van der Waals surface area contributed by atoms with E-state index in [-0.39, 0.29) is 11.9 Å². The van der Waals surface area contributed by atoms with Crippen molar-refractivity contribution >= 4 is 17.1 Å². The Morgan fingerprint density at radius 2 is 2.00 bits per heavy atom. The smallest absolute Gasteiger partial charge is 0.255 e. The Hall–Kier alpha value is -2.80. The number of rotatable bonds is 4. The average Bonchev–Trinajstić information content (AvgIpc) is 3.00. The van der Waals surface area contributed by atoms with Crippen molar-refractivity contribution in [2.24, 2.45) is 0 Å². The largest absolute Gasteiger partial charge is 0.337 e. The molecule has 0 aliphatic carbocycles. The molecule has 1 fully saturated rings. The standard InChI is InChI=1S/C21H26N6O/c1-16(2)27-15-24-19-12-17(13-23-20(19)27)21(28)26-9-5-8-25(10-11-26)14-18-6-3-4-7-22-18/h3-4,6-7,12-13,15-16H,5,8-11,14H2,1-2H3. The van der Waals surface area contributed by atoms with Gasteiger partial charge in [0.1, 0.15) is 5.52 Å². The van der Waals surface area contributed by atoms with Gasteiger partial charge in [-0.15, -0.1) is 0 Å². The lowest BCUT2D eigenvalue weighted by molar-refractivity contribution is 0.0761. The first-order valence-electron chi connectivity index (χ1n) is 9.86. The summed E-state index contributed by atoms with van der Waals surface area (Å²) >= 11 is 0. The van der Waals surface area contributed by atoms with Crippen LogP contribution >= 0.6 is 0 Å². The molecule has 0 unspecified atom stereocenters. The Bertz CT molecular complexity index is 952. The van der Waals surface area contributed by atoms with Crippen LogP contribution in [0.3, 0.4) is 0 Å². The van der Waals surface area contributed by atoms with Crippen molar-refractivity contribution in [3.05, 3.63) is 54.2 Å². The van der Waals surface area contributed by atoms with Gasteiger partial charge in [-0.25, -0.2) is 9.97 Å². The fourth-order valence-electron chi connectivity index (χ4n) is 3.65. The van der Waals surface area contributed by atoms with Gasteiger partial charge in [-0.3, -0.25) is 14.7 Å². The Morgan fingerprint density at radius 3 is 2.79 bits per heavy atom. The number of imidazole rings is 1. The van der Waals surface area contributed by atoms with Crippen molar-refractivity contribution in [3.63, 3.8) is 0 Å². The number of aromatic nitrogens is 4. The van der Waals surface area contributed by atoms with E-state index < -0.39 is 0 Å². The van der Waals surface area contributed by atoms with Gasteiger partial charge in [0.05, 0.1) is 17.6 Å². The number of carbonyl (C=O) groups excluding carboxylic acids is 1. The summed E-state index contributed by atoms with van der Waals surface area (Å²) in [5.74, 6) is 0.0354. The Morgan fingerprint density at radius 1 is 1.11 bits per heavy atom. The SMILES string of the molecule is CC(C)n1cnc2cc(C(=O)N3CCCN(Cc4ccccn4)CC3)cnc21. The van der Waals surface area contributed by atoms with Crippen molar-refractivity contribution in [1.29, 1.82) is 0 Å². The Balaban J connectivity index is 1.44. The third-order valence-electron chi connectivity index (χ3n) is 5.20. The van der Waals surface area contributed by atoms with E-state index in [0.717, 1.165) is 49.5 Å². The van der Waals surface area contributed by atoms with Crippen LogP contribution in [-0.4, -0.2) is 61.4 Å². The molecule has 1 amide bonds. The van der Waals surface area contributed by atoms with Crippen LogP contribution in [-0.2, 0) is 6.54 Å². The number of hydrogen-bond acceptors (Lipinski definition) is 5. The van der Waals surface area contributed by atoms with Crippen LogP contribution in [0.25, 0.3) is 11.2 Å². The van der Waals surface area contributed by atoms with Gasteiger partial charge in [-0.05, 0) is 38.5 Å². The first-order valence-corrected chi connectivity index (χ1v) is 9.86. The van der Waals surface area contributed by atoms with Crippen molar-refractivity contribution in [2.75, 3.05) is 26.2 Å². The lowest BCUT2D eigenvalue weighted by Crippen LogP contribution is -2.35. The molecule has 1 aliphatic rings. The van der Waals surface area contributed by atoms with Gasteiger partial charge in [-0.2, -0.15) is 0 Å². The summed E-state index contributed by atoms with van der Waals surface area (Å²) in [6.45, 7) is 8.30. The van der Waals surface area contributed by atoms with Crippen LogP contribution in [0.5, 0.6) is 0 Å². The summed E-state index contributed by atoms with van der Waals surface area (Å²) in [6, 6.07) is 8.14. The number of amides is 1. The normalized spacial score (nSPS) is 15.9. The van der Waals surface area contributed by atoms with Crippen molar-refractivity contribution in [2.45, 2.75) is 32.9 Å². The highest BCUT2D eigenvalue weighted by molar-refractivity contribution is 5.96. The summed E-state index contributed by atoms with van der Waals surface area (Å²) in [4.78, 5) is 30.7. The van der Waals surface area contributed by atoms with E-state index in [4.69, 9.17) is 0 Å². The van der Waals surface area contributed by atoms with E-state index in [1.165, 1.54) is 0 Å². The highest BCUT2D eigenvalue weighted by Crippen LogP contribution is 2.18. The van der Waals surface area contributed by atoms with E-state index in [2.05, 4.69) is 33.7 Å². The monoisotopic (exact) mass is 378 g/mol. The van der Waals surface area contributed by atoms with Crippen LogP contribution in [0.4, 0.5) is 0 Å². The molecule has 0 spiro atoms. The molecule has 0 N–H and O–H groups in total. The molecule has 3 aromatic heterocycles. The predicted octanol–water partition coefficient (Wildman–Crippen LogP) is 2.76. The molecule has 28 heavy (non-hydrogen) atoms. The van der Waals surface area contributed by atoms with Crippen molar-refractivity contribution in [1.82, 2.24) is 29.3 Å². The van der Waals surface area contributed by atoms with Crippen molar-refractivity contribution < 1.29 is 4.79 Å². The van der Waals surface area contributed by atoms with Crippen LogP contribution in [0.15, 0.2) is 43.0 Å². The van der Waals surface area contributed by atoms with E-state index in [9.17, 15) is 4.79 Å². The topological polar surface area (TPSA) is 67.2 Å². The van der Waals surface area contributed by atoms with Gasteiger partial charge >= 0.3 is 0 Å². The second-order valence-corrected chi connectivity index (χ2v) is 7.56. The molecule has 4 rings (SSSR count). The third kappa shape index (κ3) is 3.89. The molecule has 0 aromatic carbocycles. The molecule has 7 nitrogen and oxygen atoms in total. The zero-order valence-corrected chi connectivity index (χ0v) is 16.5. The van der Waals surface area contributed by atoms with Gasteiger partial charge < -0.3 is 9.47 Å². The molecular weight excluding hydrogens is 352 g/mol. The number of fused-ring (bicyclic) bond motifs is 1. The first-order chi connectivity index (χ1) is 13.6. The van der Waals surface area contributed by atoms with Crippen LogP contribution in [0.2, 0.25) is 0 Å². The minimum absolute atomic E-state index is 0.0354. The van der Waals surface area contributed by atoms with Crippen LogP contribution in [0.1, 0.15) is 42.4 Å². The molecule has 0 atom stereocenters. The van der Waals surface area contributed by atoms with Gasteiger partial charge in [0.25, 0.3) is 5.91 Å². The summed E-state index contributed by atoms with van der Waals surface area (Å²) in [5, 5.41) is 0. The minimum Gasteiger partial charge on any atom is -0.337 e. The second kappa shape index (κ2) is 8.06. The Kier molecular flexibility index (Phi) is 5.34. The maximum atomic E-state index is 13.0. The molecule has 0 saturated carbocycles. The maximum Gasteiger partial charge on any atom is 0.255 e. The van der Waals surface area contributed by atoms with Crippen LogP contribution < -0.4 is 0 Å². The van der Waals surface area contributed by atoms with Crippen molar-refractivity contribution in [3.8, 4) is 0 Å². The molecule has 3 aromatic rings. The zero-order chi connectivity index (χ0) is 19.5.